The molecule has 0 aliphatic carbocycles. The molecule has 0 bridgehead atoms. The van der Waals surface area contributed by atoms with Crippen LogP contribution in [0.25, 0.3) is 0 Å². The first kappa shape index (κ1) is 20.9. The van der Waals surface area contributed by atoms with Crippen LogP contribution in [0.2, 0.25) is 0 Å². The summed E-state index contributed by atoms with van der Waals surface area (Å²) in [7, 11) is 0. The highest BCUT2D eigenvalue weighted by Gasteiger charge is 2.27. The molecule has 0 aromatic heterocycles. The van der Waals surface area contributed by atoms with Gasteiger partial charge in [-0.15, -0.1) is 12.4 Å². The second-order valence-electron chi connectivity index (χ2n) is 6.75. The molecule has 136 valence electrons. The molecule has 1 aromatic rings. The fraction of sp³-hybridized carbons (Fsp3) is 0.611. The average Bonchev–Trinajstić information content (AvgIpc) is 2.54. The van der Waals surface area contributed by atoms with Crippen molar-refractivity contribution in [2.24, 2.45) is 11.8 Å². The van der Waals surface area contributed by atoms with Crippen LogP contribution in [0, 0.1) is 17.7 Å². The lowest BCUT2D eigenvalue weighted by molar-refractivity contribution is -0.138. The van der Waals surface area contributed by atoms with Crippen molar-refractivity contribution in [2.45, 2.75) is 32.8 Å². The molecular formula is C18H28ClFN2O2. The van der Waals surface area contributed by atoms with Gasteiger partial charge in [0.1, 0.15) is 5.82 Å². The molecular weight excluding hydrogens is 331 g/mol. The number of aliphatic hydroxyl groups is 1. The molecule has 0 saturated carbocycles. The van der Waals surface area contributed by atoms with Gasteiger partial charge >= 0.3 is 0 Å². The zero-order valence-corrected chi connectivity index (χ0v) is 15.2. The fourth-order valence-corrected chi connectivity index (χ4v) is 3.02. The van der Waals surface area contributed by atoms with Gasteiger partial charge in [-0.1, -0.05) is 26.0 Å². The lowest BCUT2D eigenvalue weighted by Crippen LogP contribution is -2.45. The Balaban J connectivity index is 0.00000288. The van der Waals surface area contributed by atoms with Gasteiger partial charge in [-0.2, -0.15) is 0 Å². The van der Waals surface area contributed by atoms with Crippen LogP contribution >= 0.6 is 12.4 Å². The molecule has 4 nitrogen and oxygen atoms in total. The maximum atomic E-state index is 13.0. The van der Waals surface area contributed by atoms with Gasteiger partial charge in [0, 0.05) is 13.1 Å². The van der Waals surface area contributed by atoms with Crippen molar-refractivity contribution < 1.29 is 14.3 Å². The standard InChI is InChI=1S/C18H27FN2O2.ClH/c1-13(2)11-21(18(23)15-4-3-9-20-10-15)12-17(22)14-5-7-16(19)8-6-14;/h5-8,13,15,17,20,22H,3-4,9-12H2,1-2H3;1H. The first-order chi connectivity index (χ1) is 11.0. The molecule has 0 spiro atoms. The number of piperidine rings is 1. The topological polar surface area (TPSA) is 52.6 Å². The zero-order chi connectivity index (χ0) is 16.8. The Kier molecular flexibility index (Phi) is 8.67. The summed E-state index contributed by atoms with van der Waals surface area (Å²) in [5, 5.41) is 13.7. The van der Waals surface area contributed by atoms with Crippen molar-refractivity contribution in [1.82, 2.24) is 10.2 Å². The molecule has 2 N–H and O–H groups in total. The van der Waals surface area contributed by atoms with E-state index in [2.05, 4.69) is 19.2 Å². The molecule has 1 aliphatic rings. The Hall–Kier alpha value is -1.17. The van der Waals surface area contributed by atoms with Crippen LogP contribution in [-0.4, -0.2) is 42.1 Å². The molecule has 1 amide bonds. The molecule has 2 atom stereocenters. The summed E-state index contributed by atoms with van der Waals surface area (Å²) < 4.78 is 13.0. The van der Waals surface area contributed by atoms with Crippen LogP contribution in [0.3, 0.4) is 0 Å². The number of hydrogen-bond donors (Lipinski definition) is 2. The van der Waals surface area contributed by atoms with Gasteiger partial charge in [0.15, 0.2) is 0 Å². The molecule has 1 fully saturated rings. The third-order valence-electron chi connectivity index (χ3n) is 4.19. The normalized spacial score (nSPS) is 18.8. The van der Waals surface area contributed by atoms with Gasteiger partial charge in [-0.25, -0.2) is 4.39 Å². The van der Waals surface area contributed by atoms with E-state index in [4.69, 9.17) is 0 Å². The highest BCUT2D eigenvalue weighted by molar-refractivity contribution is 5.85. The van der Waals surface area contributed by atoms with Crippen LogP contribution < -0.4 is 5.32 Å². The van der Waals surface area contributed by atoms with Gasteiger partial charge in [0.25, 0.3) is 0 Å². The first-order valence-electron chi connectivity index (χ1n) is 8.40. The van der Waals surface area contributed by atoms with E-state index in [0.717, 1.165) is 19.4 Å². The van der Waals surface area contributed by atoms with E-state index in [-0.39, 0.29) is 36.6 Å². The summed E-state index contributed by atoms with van der Waals surface area (Å²) in [5.74, 6) is 0.0928. The molecule has 6 heteroatoms. The minimum atomic E-state index is -0.796. The molecule has 1 heterocycles. The smallest absolute Gasteiger partial charge is 0.227 e. The van der Waals surface area contributed by atoms with E-state index in [0.29, 0.717) is 24.6 Å². The SMILES string of the molecule is CC(C)CN(CC(O)c1ccc(F)cc1)C(=O)C1CCCNC1.Cl. The molecule has 1 aliphatic heterocycles. The van der Waals surface area contributed by atoms with Crippen LogP contribution in [0.15, 0.2) is 24.3 Å². The molecule has 24 heavy (non-hydrogen) atoms. The molecule has 2 rings (SSSR count). The molecule has 1 saturated heterocycles. The van der Waals surface area contributed by atoms with Gasteiger partial charge in [-0.3, -0.25) is 4.79 Å². The van der Waals surface area contributed by atoms with Crippen LogP contribution in [0.5, 0.6) is 0 Å². The summed E-state index contributed by atoms with van der Waals surface area (Å²) in [6, 6.07) is 5.80. The number of amides is 1. The minimum Gasteiger partial charge on any atom is -0.387 e. The van der Waals surface area contributed by atoms with E-state index >= 15 is 0 Å². The Bertz CT molecular complexity index is 504. The third kappa shape index (κ3) is 6.04. The number of aliphatic hydroxyl groups excluding tert-OH is 1. The lowest BCUT2D eigenvalue weighted by Gasteiger charge is -2.32. The van der Waals surface area contributed by atoms with E-state index in [9.17, 15) is 14.3 Å². The summed E-state index contributed by atoms with van der Waals surface area (Å²) in [5.41, 5.74) is 0.634. The number of carbonyl (C=O) groups excluding carboxylic acids is 1. The van der Waals surface area contributed by atoms with Crippen molar-refractivity contribution in [1.29, 1.82) is 0 Å². The number of carbonyl (C=O) groups is 1. The quantitative estimate of drug-likeness (QED) is 0.822. The van der Waals surface area contributed by atoms with Gasteiger partial charge in [0.2, 0.25) is 5.91 Å². The average molecular weight is 359 g/mol. The highest BCUT2D eigenvalue weighted by atomic mass is 35.5. The predicted octanol–water partition coefficient (Wildman–Crippen LogP) is 2.77. The number of halogens is 2. The summed E-state index contributed by atoms with van der Waals surface area (Å²) in [6.45, 7) is 6.66. The fourth-order valence-electron chi connectivity index (χ4n) is 3.02. The number of hydrogen-bond acceptors (Lipinski definition) is 3. The summed E-state index contributed by atoms with van der Waals surface area (Å²) in [6.07, 6.45) is 1.11. The van der Waals surface area contributed by atoms with Crippen LogP contribution in [0.4, 0.5) is 4.39 Å². The van der Waals surface area contributed by atoms with Crippen molar-refractivity contribution in [2.75, 3.05) is 26.2 Å². The van der Waals surface area contributed by atoms with E-state index in [1.54, 1.807) is 17.0 Å². The van der Waals surface area contributed by atoms with Crippen molar-refractivity contribution in [3.05, 3.63) is 35.6 Å². The Morgan fingerprint density at radius 3 is 2.54 bits per heavy atom. The monoisotopic (exact) mass is 358 g/mol. The van der Waals surface area contributed by atoms with E-state index in [1.165, 1.54) is 12.1 Å². The van der Waals surface area contributed by atoms with Gasteiger partial charge in [-0.05, 0) is 43.0 Å². The largest absolute Gasteiger partial charge is 0.387 e. The maximum absolute atomic E-state index is 13.0. The van der Waals surface area contributed by atoms with Crippen molar-refractivity contribution in [3.63, 3.8) is 0 Å². The number of nitrogens with zero attached hydrogens (tertiary/aromatic N) is 1. The van der Waals surface area contributed by atoms with Crippen molar-refractivity contribution in [3.8, 4) is 0 Å². The molecule has 1 aromatic carbocycles. The van der Waals surface area contributed by atoms with E-state index in [1.807, 2.05) is 0 Å². The maximum Gasteiger partial charge on any atom is 0.227 e. The van der Waals surface area contributed by atoms with Crippen molar-refractivity contribution >= 4 is 18.3 Å². The Labute approximate surface area is 149 Å². The number of nitrogens with one attached hydrogen (secondary N) is 1. The first-order valence-corrected chi connectivity index (χ1v) is 8.40. The highest BCUT2D eigenvalue weighted by Crippen LogP contribution is 2.19. The molecule has 0 radical (unpaired) electrons. The number of rotatable bonds is 6. The van der Waals surface area contributed by atoms with Crippen LogP contribution in [0.1, 0.15) is 38.4 Å². The summed E-state index contributed by atoms with van der Waals surface area (Å²) >= 11 is 0. The number of benzene rings is 1. The van der Waals surface area contributed by atoms with Gasteiger partial charge < -0.3 is 15.3 Å². The van der Waals surface area contributed by atoms with Gasteiger partial charge in [0.05, 0.1) is 18.6 Å². The summed E-state index contributed by atoms with van der Waals surface area (Å²) in [4.78, 5) is 14.5. The third-order valence-corrected chi connectivity index (χ3v) is 4.19. The second-order valence-corrected chi connectivity index (χ2v) is 6.75. The van der Waals surface area contributed by atoms with E-state index < -0.39 is 6.10 Å². The Morgan fingerprint density at radius 2 is 2.00 bits per heavy atom. The second kappa shape index (κ2) is 9.97. The zero-order valence-electron chi connectivity index (χ0n) is 14.4. The minimum absolute atomic E-state index is 0. The Morgan fingerprint density at radius 1 is 1.33 bits per heavy atom. The predicted molar refractivity (Wildman–Crippen MR) is 95.6 cm³/mol. The van der Waals surface area contributed by atoms with Crippen LogP contribution in [-0.2, 0) is 4.79 Å². The lowest BCUT2D eigenvalue weighted by atomic mass is 9.97. The molecule has 2 unspecified atom stereocenters.